The van der Waals surface area contributed by atoms with Crippen molar-refractivity contribution in [1.29, 1.82) is 0 Å². The number of aromatic nitrogens is 2. The van der Waals surface area contributed by atoms with E-state index in [0.717, 1.165) is 16.8 Å². The van der Waals surface area contributed by atoms with Crippen LogP contribution in [0.4, 0.5) is 5.69 Å². The molecule has 0 fully saturated rings. The van der Waals surface area contributed by atoms with Gasteiger partial charge in [0.2, 0.25) is 0 Å². The van der Waals surface area contributed by atoms with Crippen LogP contribution < -0.4 is 5.73 Å². The Balaban J connectivity index is 2.34. The van der Waals surface area contributed by atoms with Crippen LogP contribution in [0.3, 0.4) is 0 Å². The second-order valence-electron chi connectivity index (χ2n) is 4.27. The maximum absolute atomic E-state index is 5.85. The lowest BCUT2D eigenvalue weighted by Crippen LogP contribution is -2.11. The Kier molecular flexibility index (Phi) is 3.10. The Bertz CT molecular complexity index is 519. The van der Waals surface area contributed by atoms with E-state index in [0.29, 0.717) is 18.3 Å². The molecular formula is C12H16N4O. The molecule has 2 aromatic rings. The van der Waals surface area contributed by atoms with Crippen LogP contribution in [0.1, 0.15) is 11.4 Å². The van der Waals surface area contributed by atoms with Gasteiger partial charge in [-0.05, 0) is 38.7 Å². The Hall–Kier alpha value is -1.88. The molecular weight excluding hydrogens is 216 g/mol. The lowest BCUT2D eigenvalue weighted by atomic mass is 10.1. The highest BCUT2D eigenvalue weighted by atomic mass is 16.5. The van der Waals surface area contributed by atoms with E-state index in [1.165, 1.54) is 0 Å². The number of hydrogen-bond donors (Lipinski definition) is 1. The van der Waals surface area contributed by atoms with Crippen LogP contribution in [0.15, 0.2) is 22.7 Å². The van der Waals surface area contributed by atoms with Gasteiger partial charge in [-0.3, -0.25) is 0 Å². The third-order valence-electron chi connectivity index (χ3n) is 2.53. The van der Waals surface area contributed by atoms with E-state index in [1.807, 2.05) is 44.1 Å². The van der Waals surface area contributed by atoms with E-state index in [-0.39, 0.29) is 0 Å². The van der Waals surface area contributed by atoms with Gasteiger partial charge in [-0.2, -0.15) is 4.98 Å². The molecule has 1 aromatic heterocycles. The van der Waals surface area contributed by atoms with Crippen molar-refractivity contribution < 1.29 is 4.52 Å². The van der Waals surface area contributed by atoms with E-state index in [4.69, 9.17) is 10.3 Å². The quantitative estimate of drug-likeness (QED) is 0.815. The van der Waals surface area contributed by atoms with E-state index >= 15 is 0 Å². The molecule has 0 saturated heterocycles. The van der Waals surface area contributed by atoms with Gasteiger partial charge >= 0.3 is 0 Å². The normalized spacial score (nSPS) is 11.1. The fourth-order valence-electron chi connectivity index (χ4n) is 1.60. The number of nitrogens with two attached hydrogens (primary N) is 1. The molecule has 0 aliphatic heterocycles. The average Bonchev–Trinajstić information content (AvgIpc) is 2.69. The zero-order chi connectivity index (χ0) is 12.4. The molecule has 0 radical (unpaired) electrons. The van der Waals surface area contributed by atoms with Crippen molar-refractivity contribution in [2.45, 2.75) is 13.5 Å². The maximum atomic E-state index is 5.85. The van der Waals surface area contributed by atoms with Crippen molar-refractivity contribution in [3.63, 3.8) is 0 Å². The SMILES string of the molecule is Cc1c(N)cccc1-c1nc(CN(C)C)no1. The second-order valence-corrected chi connectivity index (χ2v) is 4.27. The molecule has 17 heavy (non-hydrogen) atoms. The molecule has 0 amide bonds. The first kappa shape index (κ1) is 11.6. The maximum Gasteiger partial charge on any atom is 0.258 e. The van der Waals surface area contributed by atoms with Crippen molar-refractivity contribution >= 4 is 5.69 Å². The summed E-state index contributed by atoms with van der Waals surface area (Å²) in [5, 5.41) is 3.93. The highest BCUT2D eigenvalue weighted by molar-refractivity contribution is 5.66. The summed E-state index contributed by atoms with van der Waals surface area (Å²) in [5.41, 5.74) is 8.44. The first-order valence-electron chi connectivity index (χ1n) is 5.40. The lowest BCUT2D eigenvalue weighted by molar-refractivity contribution is 0.365. The fraction of sp³-hybridized carbons (Fsp3) is 0.333. The summed E-state index contributed by atoms with van der Waals surface area (Å²) in [4.78, 5) is 6.33. The number of benzene rings is 1. The van der Waals surface area contributed by atoms with Crippen molar-refractivity contribution in [2.24, 2.45) is 0 Å². The minimum absolute atomic E-state index is 0.520. The number of nitrogen functional groups attached to an aromatic ring is 1. The largest absolute Gasteiger partial charge is 0.398 e. The standard InChI is InChI=1S/C12H16N4O/c1-8-9(5-4-6-10(8)13)12-14-11(15-17-12)7-16(2)3/h4-6H,7,13H2,1-3H3. The number of hydrogen-bond acceptors (Lipinski definition) is 5. The molecule has 1 heterocycles. The van der Waals surface area contributed by atoms with E-state index in [9.17, 15) is 0 Å². The fourth-order valence-corrected chi connectivity index (χ4v) is 1.60. The van der Waals surface area contributed by atoms with Crippen molar-refractivity contribution in [3.8, 4) is 11.5 Å². The topological polar surface area (TPSA) is 68.2 Å². The molecule has 2 N–H and O–H groups in total. The zero-order valence-corrected chi connectivity index (χ0v) is 10.3. The molecule has 0 bridgehead atoms. The van der Waals surface area contributed by atoms with Gasteiger partial charge in [0.25, 0.3) is 5.89 Å². The van der Waals surface area contributed by atoms with Crippen LogP contribution in [0.5, 0.6) is 0 Å². The predicted octanol–water partition coefficient (Wildman–Crippen LogP) is 1.69. The Morgan fingerprint density at radius 3 is 2.82 bits per heavy atom. The van der Waals surface area contributed by atoms with E-state index in [2.05, 4.69) is 10.1 Å². The van der Waals surface area contributed by atoms with Crippen LogP contribution in [0.2, 0.25) is 0 Å². The summed E-state index contributed by atoms with van der Waals surface area (Å²) < 4.78 is 5.24. The minimum Gasteiger partial charge on any atom is -0.398 e. The molecule has 1 aromatic carbocycles. The molecule has 2 rings (SSSR count). The first-order chi connectivity index (χ1) is 8.08. The molecule has 0 saturated carbocycles. The van der Waals surface area contributed by atoms with Crippen LogP contribution in [0, 0.1) is 6.92 Å². The molecule has 0 atom stereocenters. The Labute approximate surface area is 100 Å². The predicted molar refractivity (Wildman–Crippen MR) is 66.3 cm³/mol. The summed E-state index contributed by atoms with van der Waals surface area (Å²) in [6.07, 6.45) is 0. The molecule has 0 unspecified atom stereocenters. The highest BCUT2D eigenvalue weighted by Gasteiger charge is 2.12. The molecule has 0 spiro atoms. The molecule has 90 valence electrons. The molecule has 5 nitrogen and oxygen atoms in total. The van der Waals surface area contributed by atoms with Crippen LogP contribution in [-0.2, 0) is 6.54 Å². The van der Waals surface area contributed by atoms with Crippen LogP contribution >= 0.6 is 0 Å². The molecule has 0 aliphatic carbocycles. The zero-order valence-electron chi connectivity index (χ0n) is 10.3. The third-order valence-corrected chi connectivity index (χ3v) is 2.53. The van der Waals surface area contributed by atoms with Crippen molar-refractivity contribution in [1.82, 2.24) is 15.0 Å². The monoisotopic (exact) mass is 232 g/mol. The smallest absolute Gasteiger partial charge is 0.258 e. The van der Waals surface area contributed by atoms with Gasteiger partial charge < -0.3 is 15.2 Å². The Morgan fingerprint density at radius 1 is 1.35 bits per heavy atom. The van der Waals surface area contributed by atoms with Crippen molar-refractivity contribution in [2.75, 3.05) is 19.8 Å². The van der Waals surface area contributed by atoms with Crippen LogP contribution in [0.25, 0.3) is 11.5 Å². The Morgan fingerprint density at radius 2 is 2.12 bits per heavy atom. The van der Waals surface area contributed by atoms with Gasteiger partial charge in [-0.15, -0.1) is 0 Å². The summed E-state index contributed by atoms with van der Waals surface area (Å²) in [7, 11) is 3.92. The minimum atomic E-state index is 0.520. The third kappa shape index (κ3) is 2.45. The second kappa shape index (κ2) is 4.55. The number of rotatable bonds is 3. The van der Waals surface area contributed by atoms with Crippen molar-refractivity contribution in [3.05, 3.63) is 29.6 Å². The molecule has 0 aliphatic rings. The summed E-state index contributed by atoms with van der Waals surface area (Å²) in [6.45, 7) is 2.60. The highest BCUT2D eigenvalue weighted by Crippen LogP contribution is 2.25. The summed E-state index contributed by atoms with van der Waals surface area (Å²) in [6, 6.07) is 5.67. The van der Waals surface area contributed by atoms with E-state index in [1.54, 1.807) is 0 Å². The molecule has 5 heteroatoms. The van der Waals surface area contributed by atoms with Gasteiger partial charge in [0, 0.05) is 11.3 Å². The van der Waals surface area contributed by atoms with Gasteiger partial charge in [-0.1, -0.05) is 11.2 Å². The number of anilines is 1. The summed E-state index contributed by atoms with van der Waals surface area (Å²) >= 11 is 0. The number of nitrogens with zero attached hydrogens (tertiary/aromatic N) is 3. The average molecular weight is 232 g/mol. The van der Waals surface area contributed by atoms with Crippen LogP contribution in [-0.4, -0.2) is 29.1 Å². The first-order valence-corrected chi connectivity index (χ1v) is 5.40. The summed E-state index contributed by atoms with van der Waals surface area (Å²) in [5.74, 6) is 1.19. The lowest BCUT2D eigenvalue weighted by Gasteiger charge is -2.04. The van der Waals surface area contributed by atoms with Gasteiger partial charge in [0.15, 0.2) is 5.82 Å². The van der Waals surface area contributed by atoms with E-state index < -0.39 is 0 Å². The van der Waals surface area contributed by atoms with Gasteiger partial charge in [-0.25, -0.2) is 0 Å². The van der Waals surface area contributed by atoms with Gasteiger partial charge in [0.1, 0.15) is 0 Å². The van der Waals surface area contributed by atoms with Gasteiger partial charge in [0.05, 0.1) is 6.54 Å².